The van der Waals surface area contributed by atoms with Gasteiger partial charge in [0.05, 0.1) is 0 Å². The summed E-state index contributed by atoms with van der Waals surface area (Å²) in [4.78, 5) is 13.5. The molecule has 1 rings (SSSR count). The molecular weight excluding hydrogens is 204 g/mol. The molecular formula is C8H7ClN4O. The summed E-state index contributed by atoms with van der Waals surface area (Å²) in [5.41, 5.74) is 9.26. The van der Waals surface area contributed by atoms with Crippen LogP contribution in [0, 0.1) is 0 Å². The van der Waals surface area contributed by atoms with E-state index in [1.807, 2.05) is 0 Å². The van der Waals surface area contributed by atoms with Gasteiger partial charge in [-0.3, -0.25) is 4.79 Å². The first-order chi connectivity index (χ1) is 6.76. The van der Waals surface area contributed by atoms with E-state index in [9.17, 15) is 4.79 Å². The maximum Gasteiger partial charge on any atom is 0.239 e. The average molecular weight is 211 g/mol. The van der Waals surface area contributed by atoms with Crippen LogP contribution in [0.25, 0.3) is 10.4 Å². The molecule has 0 spiro atoms. The van der Waals surface area contributed by atoms with Crippen molar-refractivity contribution in [1.29, 1.82) is 0 Å². The van der Waals surface area contributed by atoms with E-state index in [0.717, 1.165) is 0 Å². The van der Waals surface area contributed by atoms with Gasteiger partial charge in [-0.25, -0.2) is 0 Å². The summed E-state index contributed by atoms with van der Waals surface area (Å²) in [6.07, 6.45) is 0. The number of azide groups is 1. The summed E-state index contributed by atoms with van der Waals surface area (Å²) in [5.74, 6) is -0.360. The second-order valence-corrected chi connectivity index (χ2v) is 2.69. The van der Waals surface area contributed by atoms with E-state index in [-0.39, 0.29) is 11.8 Å². The molecule has 0 aliphatic rings. The number of carbonyl (C=O) groups is 1. The minimum atomic E-state index is -0.275. The second-order valence-electron chi connectivity index (χ2n) is 2.42. The molecule has 0 aliphatic heterocycles. The number of halogens is 1. The largest absolute Gasteiger partial charge is 0.325 e. The van der Waals surface area contributed by atoms with Gasteiger partial charge in [-0.15, -0.1) is 11.6 Å². The fraction of sp³-hybridized carbons (Fsp3) is 0.125. The predicted molar refractivity (Wildman–Crippen MR) is 54.6 cm³/mol. The molecule has 0 fully saturated rings. The van der Waals surface area contributed by atoms with Crippen molar-refractivity contribution in [3.63, 3.8) is 0 Å². The van der Waals surface area contributed by atoms with Gasteiger partial charge in [0.15, 0.2) is 0 Å². The molecule has 6 heteroatoms. The van der Waals surface area contributed by atoms with Crippen LogP contribution >= 0.6 is 11.6 Å². The minimum absolute atomic E-state index is 0.0852. The van der Waals surface area contributed by atoms with Crippen LogP contribution in [-0.2, 0) is 4.79 Å². The molecule has 0 saturated heterocycles. The van der Waals surface area contributed by atoms with E-state index in [1.165, 1.54) is 0 Å². The van der Waals surface area contributed by atoms with E-state index >= 15 is 0 Å². The van der Waals surface area contributed by atoms with E-state index in [4.69, 9.17) is 17.1 Å². The number of anilines is 1. The van der Waals surface area contributed by atoms with Gasteiger partial charge in [0.1, 0.15) is 5.88 Å². The molecule has 0 saturated carbocycles. The van der Waals surface area contributed by atoms with Crippen LogP contribution in [0.4, 0.5) is 11.4 Å². The van der Waals surface area contributed by atoms with Crippen molar-refractivity contribution < 1.29 is 4.79 Å². The van der Waals surface area contributed by atoms with Gasteiger partial charge in [0.2, 0.25) is 5.91 Å². The molecule has 0 heterocycles. The molecule has 1 aromatic rings. The quantitative estimate of drug-likeness (QED) is 0.354. The summed E-state index contributed by atoms with van der Waals surface area (Å²) in [6, 6.07) is 6.47. The Kier molecular flexibility index (Phi) is 3.79. The number of carbonyl (C=O) groups excluding carboxylic acids is 1. The fourth-order valence-corrected chi connectivity index (χ4v) is 0.924. The van der Waals surface area contributed by atoms with Crippen molar-refractivity contribution in [1.82, 2.24) is 0 Å². The number of amides is 1. The molecule has 72 valence electrons. The Balaban J connectivity index is 2.73. The molecule has 0 aromatic heterocycles. The Bertz CT molecular complexity index is 369. The predicted octanol–water partition coefficient (Wildman–Crippen LogP) is 2.81. The molecule has 0 bridgehead atoms. The summed E-state index contributed by atoms with van der Waals surface area (Å²) in [7, 11) is 0. The van der Waals surface area contributed by atoms with Gasteiger partial charge >= 0.3 is 0 Å². The molecule has 1 amide bonds. The minimum Gasteiger partial charge on any atom is -0.325 e. The van der Waals surface area contributed by atoms with Gasteiger partial charge < -0.3 is 5.32 Å². The van der Waals surface area contributed by atoms with Crippen LogP contribution in [0.1, 0.15) is 0 Å². The number of hydrogen-bond donors (Lipinski definition) is 1. The lowest BCUT2D eigenvalue weighted by Crippen LogP contribution is -2.12. The fourth-order valence-electron chi connectivity index (χ4n) is 0.857. The van der Waals surface area contributed by atoms with E-state index < -0.39 is 0 Å². The number of nitrogens with one attached hydrogen (secondary N) is 1. The van der Waals surface area contributed by atoms with Crippen molar-refractivity contribution in [3.05, 3.63) is 34.7 Å². The smallest absolute Gasteiger partial charge is 0.239 e. The van der Waals surface area contributed by atoms with Crippen LogP contribution < -0.4 is 5.32 Å². The molecule has 1 aromatic carbocycles. The van der Waals surface area contributed by atoms with Crippen LogP contribution in [0.5, 0.6) is 0 Å². The lowest BCUT2D eigenvalue weighted by Gasteiger charge is -2.01. The zero-order valence-electron chi connectivity index (χ0n) is 7.14. The summed E-state index contributed by atoms with van der Waals surface area (Å²) >= 11 is 5.30. The third-order valence-electron chi connectivity index (χ3n) is 1.43. The van der Waals surface area contributed by atoms with Crippen LogP contribution in [0.2, 0.25) is 0 Å². The first kappa shape index (κ1) is 10.4. The van der Waals surface area contributed by atoms with Crippen molar-refractivity contribution in [2.75, 3.05) is 11.2 Å². The van der Waals surface area contributed by atoms with Gasteiger partial charge in [0, 0.05) is 16.3 Å². The molecule has 0 unspecified atom stereocenters. The summed E-state index contributed by atoms with van der Waals surface area (Å²) in [6.45, 7) is 0. The Morgan fingerprint density at radius 3 is 2.64 bits per heavy atom. The summed E-state index contributed by atoms with van der Waals surface area (Å²) in [5, 5.41) is 5.94. The zero-order valence-corrected chi connectivity index (χ0v) is 7.90. The number of hydrogen-bond acceptors (Lipinski definition) is 2. The number of alkyl halides is 1. The maximum absolute atomic E-state index is 10.9. The zero-order chi connectivity index (χ0) is 10.4. The van der Waals surface area contributed by atoms with Gasteiger partial charge in [0.25, 0.3) is 0 Å². The topological polar surface area (TPSA) is 77.9 Å². The Hall–Kier alpha value is -1.71. The Labute approximate surface area is 85.3 Å². The average Bonchev–Trinajstić information content (AvgIpc) is 2.21. The molecule has 14 heavy (non-hydrogen) atoms. The van der Waals surface area contributed by atoms with Crippen molar-refractivity contribution in [3.8, 4) is 0 Å². The first-order valence-electron chi connectivity index (χ1n) is 3.77. The normalized spacial score (nSPS) is 8.93. The molecule has 1 N–H and O–H groups in total. The van der Waals surface area contributed by atoms with E-state index in [0.29, 0.717) is 11.4 Å². The van der Waals surface area contributed by atoms with Gasteiger partial charge in [-0.2, -0.15) is 0 Å². The van der Waals surface area contributed by atoms with Crippen LogP contribution in [-0.4, -0.2) is 11.8 Å². The molecule has 0 radical (unpaired) electrons. The number of nitrogens with zero attached hydrogens (tertiary/aromatic N) is 3. The SMILES string of the molecule is [N-]=[N+]=Nc1ccc(NC(=O)CCl)cc1. The van der Waals surface area contributed by atoms with Crippen molar-refractivity contribution in [2.24, 2.45) is 5.11 Å². The highest BCUT2D eigenvalue weighted by Gasteiger charge is 1.98. The monoisotopic (exact) mass is 210 g/mol. The summed E-state index contributed by atoms with van der Waals surface area (Å²) < 4.78 is 0. The number of rotatable bonds is 3. The lowest BCUT2D eigenvalue weighted by molar-refractivity contribution is -0.113. The number of benzene rings is 1. The Morgan fingerprint density at radius 1 is 1.50 bits per heavy atom. The highest BCUT2D eigenvalue weighted by molar-refractivity contribution is 6.29. The highest BCUT2D eigenvalue weighted by atomic mass is 35.5. The second kappa shape index (κ2) is 5.11. The van der Waals surface area contributed by atoms with Gasteiger partial charge in [-0.1, -0.05) is 17.2 Å². The molecule has 5 nitrogen and oxygen atoms in total. The Morgan fingerprint density at radius 2 is 2.14 bits per heavy atom. The van der Waals surface area contributed by atoms with Gasteiger partial charge in [-0.05, 0) is 17.7 Å². The van der Waals surface area contributed by atoms with Crippen LogP contribution in [0.15, 0.2) is 29.4 Å². The van der Waals surface area contributed by atoms with Crippen molar-refractivity contribution in [2.45, 2.75) is 0 Å². The molecule has 0 atom stereocenters. The van der Waals surface area contributed by atoms with Crippen molar-refractivity contribution >= 4 is 28.9 Å². The van der Waals surface area contributed by atoms with E-state index in [1.54, 1.807) is 24.3 Å². The molecule has 0 aliphatic carbocycles. The van der Waals surface area contributed by atoms with E-state index in [2.05, 4.69) is 15.3 Å². The standard InChI is InChI=1S/C8H7ClN4O/c9-5-8(14)11-6-1-3-7(4-2-6)12-13-10/h1-4H,5H2,(H,11,14). The van der Waals surface area contributed by atoms with Crippen LogP contribution in [0.3, 0.4) is 0 Å². The first-order valence-corrected chi connectivity index (χ1v) is 4.30. The lowest BCUT2D eigenvalue weighted by atomic mass is 10.3. The maximum atomic E-state index is 10.9. The third kappa shape index (κ3) is 2.97. The highest BCUT2D eigenvalue weighted by Crippen LogP contribution is 2.16. The third-order valence-corrected chi connectivity index (χ3v) is 1.68.